The standard InChI is InChI=1S/C11H18N2O/c1-12-8-10-7-11(14-13-10)9-5-3-2-4-6-9/h7,9,12H,2-6,8H2,1H3. The van der Waals surface area contributed by atoms with Crippen LogP contribution in [0.25, 0.3) is 0 Å². The summed E-state index contributed by atoms with van der Waals surface area (Å²) in [6.45, 7) is 0.802. The molecule has 0 saturated heterocycles. The van der Waals surface area contributed by atoms with E-state index in [4.69, 9.17) is 4.52 Å². The Bertz CT molecular complexity index is 277. The summed E-state index contributed by atoms with van der Waals surface area (Å²) in [6.07, 6.45) is 6.61. The Morgan fingerprint density at radius 2 is 2.21 bits per heavy atom. The fraction of sp³-hybridized carbons (Fsp3) is 0.727. The molecule has 1 aliphatic rings. The highest BCUT2D eigenvalue weighted by atomic mass is 16.5. The fourth-order valence-electron chi connectivity index (χ4n) is 2.17. The van der Waals surface area contributed by atoms with Crippen LogP contribution >= 0.6 is 0 Å². The summed E-state index contributed by atoms with van der Waals surface area (Å²) in [6, 6.07) is 2.10. The van der Waals surface area contributed by atoms with Crippen LogP contribution in [0.4, 0.5) is 0 Å². The molecule has 1 N–H and O–H groups in total. The van der Waals surface area contributed by atoms with Gasteiger partial charge in [0.2, 0.25) is 0 Å². The molecule has 0 radical (unpaired) electrons. The molecule has 0 spiro atoms. The van der Waals surface area contributed by atoms with E-state index in [0.29, 0.717) is 5.92 Å². The van der Waals surface area contributed by atoms with Gasteiger partial charge in [0.05, 0.1) is 5.69 Å². The first-order valence-electron chi connectivity index (χ1n) is 5.50. The van der Waals surface area contributed by atoms with Gasteiger partial charge in [0, 0.05) is 18.5 Å². The molecule has 0 unspecified atom stereocenters. The van der Waals surface area contributed by atoms with Crippen LogP contribution in [0, 0.1) is 0 Å². The van der Waals surface area contributed by atoms with Gasteiger partial charge in [0.25, 0.3) is 0 Å². The molecule has 3 nitrogen and oxygen atoms in total. The maximum atomic E-state index is 5.37. The number of rotatable bonds is 3. The number of hydrogen-bond donors (Lipinski definition) is 1. The fourth-order valence-corrected chi connectivity index (χ4v) is 2.17. The van der Waals surface area contributed by atoms with E-state index < -0.39 is 0 Å². The van der Waals surface area contributed by atoms with Crippen molar-refractivity contribution in [2.45, 2.75) is 44.6 Å². The van der Waals surface area contributed by atoms with E-state index in [1.54, 1.807) is 0 Å². The average Bonchev–Trinajstić information content (AvgIpc) is 2.68. The first-order valence-corrected chi connectivity index (χ1v) is 5.50. The predicted molar refractivity (Wildman–Crippen MR) is 55.1 cm³/mol. The maximum Gasteiger partial charge on any atom is 0.140 e. The van der Waals surface area contributed by atoms with Gasteiger partial charge in [-0.05, 0) is 19.9 Å². The minimum Gasteiger partial charge on any atom is -0.361 e. The Labute approximate surface area is 84.9 Å². The van der Waals surface area contributed by atoms with Gasteiger partial charge < -0.3 is 9.84 Å². The molecule has 1 aromatic heterocycles. The molecule has 1 aliphatic carbocycles. The van der Waals surface area contributed by atoms with Crippen LogP contribution in [0.2, 0.25) is 0 Å². The van der Waals surface area contributed by atoms with Crippen molar-refractivity contribution in [3.8, 4) is 0 Å². The molecule has 0 atom stereocenters. The number of nitrogens with one attached hydrogen (secondary N) is 1. The largest absolute Gasteiger partial charge is 0.361 e. The second kappa shape index (κ2) is 4.60. The zero-order chi connectivity index (χ0) is 9.80. The first kappa shape index (κ1) is 9.71. The van der Waals surface area contributed by atoms with E-state index in [1.165, 1.54) is 32.1 Å². The summed E-state index contributed by atoms with van der Waals surface area (Å²) in [5, 5.41) is 7.12. The molecule has 0 aliphatic heterocycles. The molecule has 1 fully saturated rings. The van der Waals surface area contributed by atoms with E-state index in [-0.39, 0.29) is 0 Å². The van der Waals surface area contributed by atoms with Crippen molar-refractivity contribution >= 4 is 0 Å². The number of nitrogens with zero attached hydrogens (tertiary/aromatic N) is 1. The summed E-state index contributed by atoms with van der Waals surface area (Å²) in [7, 11) is 1.93. The van der Waals surface area contributed by atoms with Gasteiger partial charge >= 0.3 is 0 Å². The lowest BCUT2D eigenvalue weighted by Crippen LogP contribution is -2.05. The average molecular weight is 194 g/mol. The van der Waals surface area contributed by atoms with Gasteiger partial charge in [0.1, 0.15) is 5.76 Å². The molecule has 0 bridgehead atoms. The summed E-state index contributed by atoms with van der Waals surface area (Å²) < 4.78 is 5.37. The van der Waals surface area contributed by atoms with Gasteiger partial charge in [-0.2, -0.15) is 0 Å². The van der Waals surface area contributed by atoms with Gasteiger partial charge in [-0.1, -0.05) is 24.4 Å². The molecular weight excluding hydrogens is 176 g/mol. The van der Waals surface area contributed by atoms with Gasteiger partial charge in [-0.3, -0.25) is 0 Å². The molecule has 1 heterocycles. The molecular formula is C11H18N2O. The molecule has 2 rings (SSSR count). The second-order valence-corrected chi connectivity index (χ2v) is 4.09. The van der Waals surface area contributed by atoms with Gasteiger partial charge in [0.15, 0.2) is 0 Å². The summed E-state index contributed by atoms with van der Waals surface area (Å²) >= 11 is 0. The minimum absolute atomic E-state index is 0.627. The maximum absolute atomic E-state index is 5.37. The highest BCUT2D eigenvalue weighted by Gasteiger charge is 2.19. The number of hydrogen-bond acceptors (Lipinski definition) is 3. The molecule has 1 aromatic rings. The SMILES string of the molecule is CNCc1cc(C2CCCCC2)on1. The zero-order valence-electron chi connectivity index (χ0n) is 8.75. The van der Waals surface area contributed by atoms with Crippen molar-refractivity contribution in [1.82, 2.24) is 10.5 Å². The van der Waals surface area contributed by atoms with Crippen LogP contribution in [-0.4, -0.2) is 12.2 Å². The van der Waals surface area contributed by atoms with Gasteiger partial charge in [-0.15, -0.1) is 0 Å². The zero-order valence-corrected chi connectivity index (χ0v) is 8.75. The molecule has 78 valence electrons. The lowest BCUT2D eigenvalue weighted by Gasteiger charge is -2.18. The quantitative estimate of drug-likeness (QED) is 0.803. The van der Waals surface area contributed by atoms with Crippen molar-refractivity contribution in [3.63, 3.8) is 0 Å². The Hall–Kier alpha value is -0.830. The summed E-state index contributed by atoms with van der Waals surface area (Å²) in [4.78, 5) is 0. The monoisotopic (exact) mass is 194 g/mol. The van der Waals surface area contributed by atoms with Crippen LogP contribution in [0.15, 0.2) is 10.6 Å². The molecule has 0 amide bonds. The highest BCUT2D eigenvalue weighted by molar-refractivity contribution is 5.10. The molecule has 0 aromatic carbocycles. The van der Waals surface area contributed by atoms with Crippen LogP contribution in [0.1, 0.15) is 49.5 Å². The number of aromatic nitrogens is 1. The third-order valence-electron chi connectivity index (χ3n) is 2.94. The summed E-state index contributed by atoms with van der Waals surface area (Å²) in [5.74, 6) is 1.72. The van der Waals surface area contributed by atoms with Crippen molar-refractivity contribution in [3.05, 3.63) is 17.5 Å². The molecule has 14 heavy (non-hydrogen) atoms. The first-order chi connectivity index (χ1) is 6.90. The smallest absolute Gasteiger partial charge is 0.140 e. The van der Waals surface area contributed by atoms with Crippen molar-refractivity contribution < 1.29 is 4.52 Å². The third-order valence-corrected chi connectivity index (χ3v) is 2.94. The Morgan fingerprint density at radius 3 is 2.93 bits per heavy atom. The molecule has 1 saturated carbocycles. The van der Waals surface area contributed by atoms with E-state index in [9.17, 15) is 0 Å². The lowest BCUT2D eigenvalue weighted by molar-refractivity contribution is 0.318. The van der Waals surface area contributed by atoms with Crippen molar-refractivity contribution in [2.24, 2.45) is 0 Å². The lowest BCUT2D eigenvalue weighted by atomic mass is 9.87. The van der Waals surface area contributed by atoms with Crippen LogP contribution in [-0.2, 0) is 6.54 Å². The van der Waals surface area contributed by atoms with Crippen LogP contribution in [0.3, 0.4) is 0 Å². The minimum atomic E-state index is 0.627. The van der Waals surface area contributed by atoms with Crippen LogP contribution in [0.5, 0.6) is 0 Å². The topological polar surface area (TPSA) is 38.1 Å². The van der Waals surface area contributed by atoms with Crippen molar-refractivity contribution in [2.75, 3.05) is 7.05 Å². The Morgan fingerprint density at radius 1 is 1.43 bits per heavy atom. The third kappa shape index (κ3) is 2.15. The summed E-state index contributed by atoms with van der Waals surface area (Å²) in [5.41, 5.74) is 1.02. The van der Waals surface area contributed by atoms with E-state index in [2.05, 4.69) is 16.5 Å². The van der Waals surface area contributed by atoms with Crippen LogP contribution < -0.4 is 5.32 Å². The normalized spacial score (nSPS) is 18.6. The van der Waals surface area contributed by atoms with E-state index >= 15 is 0 Å². The Kier molecular flexibility index (Phi) is 3.19. The van der Waals surface area contributed by atoms with E-state index in [1.807, 2.05) is 7.05 Å². The van der Waals surface area contributed by atoms with Crippen molar-refractivity contribution in [1.29, 1.82) is 0 Å². The molecule has 3 heteroatoms. The highest BCUT2D eigenvalue weighted by Crippen LogP contribution is 2.32. The van der Waals surface area contributed by atoms with Gasteiger partial charge in [-0.25, -0.2) is 0 Å². The van der Waals surface area contributed by atoms with E-state index in [0.717, 1.165) is 18.0 Å². The predicted octanol–water partition coefficient (Wildman–Crippen LogP) is 2.44. The Balaban J connectivity index is 2.00. The second-order valence-electron chi connectivity index (χ2n) is 4.09.